The van der Waals surface area contributed by atoms with E-state index in [2.05, 4.69) is 10.6 Å². The normalized spacial score (nSPS) is 17.7. The predicted molar refractivity (Wildman–Crippen MR) is 70.8 cm³/mol. The predicted octanol–water partition coefficient (Wildman–Crippen LogP) is 1.81. The number of rotatable bonds is 4. The zero-order valence-electron chi connectivity index (χ0n) is 10.2. The molecule has 18 heavy (non-hydrogen) atoms. The second kappa shape index (κ2) is 4.40. The Balaban J connectivity index is 1.72. The number of ether oxygens (including phenoxy) is 1. The molecule has 96 valence electrons. The topological polar surface area (TPSA) is 76.4 Å². The van der Waals surface area contributed by atoms with Gasteiger partial charge >= 0.3 is 0 Å². The van der Waals surface area contributed by atoms with Crippen molar-refractivity contribution in [3.8, 4) is 5.75 Å². The molecule has 0 aromatic heterocycles. The number of amides is 1. The van der Waals surface area contributed by atoms with Gasteiger partial charge in [-0.2, -0.15) is 0 Å². The minimum Gasteiger partial charge on any atom is -0.482 e. The summed E-state index contributed by atoms with van der Waals surface area (Å²) in [5.41, 5.74) is 8.16. The van der Waals surface area contributed by atoms with Crippen LogP contribution in [0.3, 0.4) is 0 Å². The van der Waals surface area contributed by atoms with Crippen molar-refractivity contribution >= 4 is 23.0 Å². The molecule has 2 aliphatic rings. The fraction of sp³-hybridized carbons (Fsp3) is 0.462. The number of carbonyl (C=O) groups is 1. The molecule has 1 aromatic rings. The van der Waals surface area contributed by atoms with E-state index in [1.165, 1.54) is 19.3 Å². The lowest BCUT2D eigenvalue weighted by Crippen LogP contribution is -2.25. The van der Waals surface area contributed by atoms with Crippen LogP contribution >= 0.6 is 0 Å². The molecular formula is C13H17N3O2. The van der Waals surface area contributed by atoms with Gasteiger partial charge in [-0.3, -0.25) is 4.79 Å². The van der Waals surface area contributed by atoms with Crippen LogP contribution in [0.25, 0.3) is 0 Å². The van der Waals surface area contributed by atoms with Gasteiger partial charge < -0.3 is 21.1 Å². The zero-order chi connectivity index (χ0) is 12.5. The molecule has 0 atom stereocenters. The Morgan fingerprint density at radius 1 is 1.44 bits per heavy atom. The largest absolute Gasteiger partial charge is 0.482 e. The van der Waals surface area contributed by atoms with Crippen molar-refractivity contribution in [2.24, 2.45) is 5.92 Å². The molecule has 0 spiro atoms. The highest BCUT2D eigenvalue weighted by atomic mass is 16.5. The Kier molecular flexibility index (Phi) is 2.74. The lowest BCUT2D eigenvalue weighted by Gasteiger charge is -2.20. The van der Waals surface area contributed by atoms with Gasteiger partial charge in [-0.1, -0.05) is 12.8 Å². The van der Waals surface area contributed by atoms with Crippen LogP contribution in [-0.2, 0) is 4.79 Å². The van der Waals surface area contributed by atoms with Gasteiger partial charge in [0, 0.05) is 12.6 Å². The van der Waals surface area contributed by atoms with E-state index < -0.39 is 0 Å². The summed E-state index contributed by atoms with van der Waals surface area (Å²) >= 11 is 0. The van der Waals surface area contributed by atoms with Crippen molar-refractivity contribution in [2.75, 3.05) is 29.5 Å². The average Bonchev–Trinajstić information content (AvgIpc) is 3.14. The van der Waals surface area contributed by atoms with Crippen molar-refractivity contribution < 1.29 is 9.53 Å². The Bertz CT molecular complexity index is 483. The first kappa shape index (κ1) is 11.2. The molecule has 1 fully saturated rings. The summed E-state index contributed by atoms with van der Waals surface area (Å²) in [6, 6.07) is 3.60. The lowest BCUT2D eigenvalue weighted by molar-refractivity contribution is -0.118. The summed E-state index contributed by atoms with van der Waals surface area (Å²) in [5, 5.41) is 6.10. The van der Waals surface area contributed by atoms with Crippen molar-refractivity contribution in [3.63, 3.8) is 0 Å². The molecular weight excluding hydrogens is 230 g/mol. The molecule has 1 heterocycles. The van der Waals surface area contributed by atoms with Crippen molar-refractivity contribution in [1.29, 1.82) is 0 Å². The zero-order valence-corrected chi connectivity index (χ0v) is 10.2. The van der Waals surface area contributed by atoms with E-state index in [-0.39, 0.29) is 12.5 Å². The number of nitrogens with one attached hydrogen (secondary N) is 2. The van der Waals surface area contributed by atoms with Gasteiger partial charge in [0.05, 0.1) is 17.1 Å². The van der Waals surface area contributed by atoms with Crippen LogP contribution in [0.15, 0.2) is 12.1 Å². The van der Waals surface area contributed by atoms with E-state index in [0.717, 1.165) is 18.2 Å². The third-order valence-electron chi connectivity index (χ3n) is 3.35. The van der Waals surface area contributed by atoms with Gasteiger partial charge in [-0.15, -0.1) is 0 Å². The van der Waals surface area contributed by atoms with Crippen LogP contribution < -0.4 is 21.1 Å². The number of carbonyl (C=O) groups excluding carboxylic acids is 1. The highest BCUT2D eigenvalue weighted by Gasteiger charge is 2.21. The molecule has 5 nitrogen and oxygen atoms in total. The Morgan fingerprint density at radius 2 is 2.28 bits per heavy atom. The fourth-order valence-electron chi connectivity index (χ4n) is 2.11. The molecule has 0 unspecified atom stereocenters. The molecule has 0 saturated heterocycles. The molecule has 1 aromatic carbocycles. The second-order valence-corrected chi connectivity index (χ2v) is 4.93. The maximum atomic E-state index is 11.2. The first-order valence-corrected chi connectivity index (χ1v) is 6.32. The van der Waals surface area contributed by atoms with Gasteiger partial charge in [-0.25, -0.2) is 0 Å². The minimum absolute atomic E-state index is 0.0564. The first-order valence-electron chi connectivity index (χ1n) is 6.32. The van der Waals surface area contributed by atoms with Crippen molar-refractivity contribution in [3.05, 3.63) is 12.1 Å². The van der Waals surface area contributed by atoms with Crippen LogP contribution in [0.5, 0.6) is 5.75 Å². The highest BCUT2D eigenvalue weighted by molar-refractivity contribution is 5.97. The van der Waals surface area contributed by atoms with Gasteiger partial charge in [0.1, 0.15) is 5.75 Å². The summed E-state index contributed by atoms with van der Waals surface area (Å²) in [5.74, 6) is 1.40. The van der Waals surface area contributed by atoms with E-state index in [1.54, 1.807) is 6.07 Å². The smallest absolute Gasteiger partial charge is 0.262 e. The molecule has 1 amide bonds. The molecule has 3 rings (SSSR count). The summed E-state index contributed by atoms with van der Waals surface area (Å²) in [6.07, 6.45) is 3.88. The van der Waals surface area contributed by atoms with E-state index in [0.29, 0.717) is 17.1 Å². The van der Waals surface area contributed by atoms with Gasteiger partial charge in [-0.05, 0) is 18.4 Å². The van der Waals surface area contributed by atoms with E-state index in [1.807, 2.05) is 6.07 Å². The van der Waals surface area contributed by atoms with Crippen LogP contribution in [0.4, 0.5) is 17.1 Å². The maximum absolute atomic E-state index is 11.2. The molecule has 5 heteroatoms. The average molecular weight is 247 g/mol. The Morgan fingerprint density at radius 3 is 3.06 bits per heavy atom. The molecule has 1 saturated carbocycles. The Hall–Kier alpha value is -1.91. The SMILES string of the molecule is Nc1cc2c(cc1NCCC1CC1)NC(=O)CO2. The van der Waals surface area contributed by atoms with Crippen LogP contribution in [0.2, 0.25) is 0 Å². The van der Waals surface area contributed by atoms with Gasteiger partial charge in [0.15, 0.2) is 6.61 Å². The molecule has 1 aliphatic heterocycles. The number of hydrogen-bond donors (Lipinski definition) is 3. The van der Waals surface area contributed by atoms with Crippen molar-refractivity contribution in [2.45, 2.75) is 19.3 Å². The number of anilines is 3. The summed E-state index contributed by atoms with van der Waals surface area (Å²) in [6.45, 7) is 0.976. The number of nitrogen functional groups attached to an aromatic ring is 1. The van der Waals surface area contributed by atoms with E-state index in [4.69, 9.17) is 10.5 Å². The van der Waals surface area contributed by atoms with Crippen molar-refractivity contribution in [1.82, 2.24) is 0 Å². The first-order chi connectivity index (χ1) is 8.72. The van der Waals surface area contributed by atoms with Gasteiger partial charge in [0.25, 0.3) is 5.91 Å². The van der Waals surface area contributed by atoms with Crippen LogP contribution in [0.1, 0.15) is 19.3 Å². The van der Waals surface area contributed by atoms with Crippen LogP contribution in [0, 0.1) is 5.92 Å². The summed E-state index contributed by atoms with van der Waals surface area (Å²) < 4.78 is 5.30. The number of fused-ring (bicyclic) bond motifs is 1. The molecule has 0 bridgehead atoms. The Labute approximate surface area is 106 Å². The third kappa shape index (κ3) is 2.34. The maximum Gasteiger partial charge on any atom is 0.262 e. The number of benzene rings is 1. The highest BCUT2D eigenvalue weighted by Crippen LogP contribution is 2.36. The third-order valence-corrected chi connectivity index (χ3v) is 3.35. The minimum atomic E-state index is -0.129. The standard InChI is InChI=1S/C13H17N3O2/c14-9-5-12-11(16-13(17)7-18-12)6-10(9)15-4-3-8-1-2-8/h5-6,8,15H,1-4,7,14H2,(H,16,17). The lowest BCUT2D eigenvalue weighted by atomic mass is 10.2. The number of nitrogens with two attached hydrogens (primary N) is 1. The van der Waals surface area contributed by atoms with Gasteiger partial charge in [0.2, 0.25) is 0 Å². The summed E-state index contributed by atoms with van der Waals surface area (Å²) in [7, 11) is 0. The summed E-state index contributed by atoms with van der Waals surface area (Å²) in [4.78, 5) is 11.2. The second-order valence-electron chi connectivity index (χ2n) is 4.93. The molecule has 1 aliphatic carbocycles. The molecule has 0 radical (unpaired) electrons. The van der Waals surface area contributed by atoms with E-state index >= 15 is 0 Å². The number of hydrogen-bond acceptors (Lipinski definition) is 4. The molecule has 4 N–H and O–H groups in total. The monoisotopic (exact) mass is 247 g/mol. The fourth-order valence-corrected chi connectivity index (χ4v) is 2.11. The van der Waals surface area contributed by atoms with E-state index in [9.17, 15) is 4.79 Å². The quantitative estimate of drug-likeness (QED) is 0.709. The van der Waals surface area contributed by atoms with Crippen LogP contribution in [-0.4, -0.2) is 19.1 Å².